The maximum atomic E-state index is 6.10. The summed E-state index contributed by atoms with van der Waals surface area (Å²) < 4.78 is 5.76. The van der Waals surface area contributed by atoms with E-state index in [1.807, 2.05) is 12.1 Å². The molecule has 1 heterocycles. The van der Waals surface area contributed by atoms with Crippen LogP contribution in [0.4, 0.5) is 0 Å². The van der Waals surface area contributed by atoms with Crippen molar-refractivity contribution < 1.29 is 4.74 Å². The average molecular weight is 406 g/mol. The van der Waals surface area contributed by atoms with Gasteiger partial charge in [0.1, 0.15) is 0 Å². The van der Waals surface area contributed by atoms with Gasteiger partial charge in [0.2, 0.25) is 0 Å². The molecule has 0 amide bonds. The van der Waals surface area contributed by atoms with Crippen LogP contribution < -0.4 is 0 Å². The largest absolute Gasteiger partial charge is 0.379 e. The number of allylic oxidation sites excluding steroid dienone is 1. The van der Waals surface area contributed by atoms with Crippen LogP contribution in [0.5, 0.6) is 0 Å². The van der Waals surface area contributed by atoms with Crippen LogP contribution in [0.3, 0.4) is 0 Å². The zero-order chi connectivity index (χ0) is 20.7. The van der Waals surface area contributed by atoms with Gasteiger partial charge in [-0.15, -0.1) is 0 Å². The average Bonchev–Trinajstić information content (AvgIpc) is 2.61. The molecule has 0 N–H and O–H groups in total. The summed E-state index contributed by atoms with van der Waals surface area (Å²) in [5.41, 5.74) is 2.89. The molecule has 1 unspecified atom stereocenters. The highest BCUT2D eigenvalue weighted by molar-refractivity contribution is 6.30. The second-order valence-electron chi connectivity index (χ2n) is 9.59. The molecule has 2 rings (SSSR count). The van der Waals surface area contributed by atoms with E-state index < -0.39 is 0 Å². The SMILES string of the molecule is CC(C)=CC(CC(C)(C)c1ccc(Cl)cc1)N1CCC(CCOC(C)C)CC1. The highest BCUT2D eigenvalue weighted by Crippen LogP contribution is 2.33. The zero-order valence-electron chi connectivity index (χ0n) is 18.8. The standard InChI is InChI=1S/C25H40ClNO/c1-19(2)17-24(18-25(5,6)22-7-9-23(26)10-8-22)27-14-11-21(12-15-27)13-16-28-20(3)4/h7-10,17,20-21,24H,11-16,18H2,1-6H3. The maximum Gasteiger partial charge on any atom is 0.0518 e. The predicted octanol–water partition coefficient (Wildman–Crippen LogP) is 6.87. The molecule has 1 aliphatic heterocycles. The Morgan fingerprint density at radius 1 is 1.18 bits per heavy atom. The van der Waals surface area contributed by atoms with Gasteiger partial charge in [-0.05, 0) is 95.5 Å². The van der Waals surface area contributed by atoms with Gasteiger partial charge in [-0.25, -0.2) is 0 Å². The van der Waals surface area contributed by atoms with Gasteiger partial charge in [0.25, 0.3) is 0 Å². The molecule has 0 spiro atoms. The van der Waals surface area contributed by atoms with E-state index >= 15 is 0 Å². The van der Waals surface area contributed by atoms with Crippen molar-refractivity contribution >= 4 is 11.6 Å². The molecular weight excluding hydrogens is 366 g/mol. The van der Waals surface area contributed by atoms with Crippen LogP contribution in [0.2, 0.25) is 5.02 Å². The molecule has 28 heavy (non-hydrogen) atoms. The van der Waals surface area contributed by atoms with Gasteiger partial charge >= 0.3 is 0 Å². The van der Waals surface area contributed by atoms with Gasteiger partial charge in [-0.1, -0.05) is 49.2 Å². The number of likely N-dealkylation sites (tertiary alicyclic amines) is 1. The molecule has 1 fully saturated rings. The Hall–Kier alpha value is -0.830. The topological polar surface area (TPSA) is 12.5 Å². The fourth-order valence-corrected chi connectivity index (χ4v) is 4.39. The first-order valence-electron chi connectivity index (χ1n) is 10.9. The van der Waals surface area contributed by atoms with E-state index in [-0.39, 0.29) is 5.41 Å². The molecule has 1 saturated heterocycles. The Labute approximate surface area is 178 Å². The molecule has 0 radical (unpaired) electrons. The second kappa shape index (κ2) is 10.8. The lowest BCUT2D eigenvalue weighted by molar-refractivity contribution is 0.0559. The van der Waals surface area contributed by atoms with E-state index in [0.29, 0.717) is 12.1 Å². The molecule has 0 aliphatic carbocycles. The maximum absolute atomic E-state index is 6.10. The smallest absolute Gasteiger partial charge is 0.0518 e. The van der Waals surface area contributed by atoms with Crippen LogP contribution in [0.15, 0.2) is 35.9 Å². The van der Waals surface area contributed by atoms with Gasteiger partial charge in [0, 0.05) is 17.7 Å². The molecule has 0 aromatic heterocycles. The summed E-state index contributed by atoms with van der Waals surface area (Å²) in [6.07, 6.45) is 7.72. The molecule has 1 aromatic carbocycles. The highest BCUT2D eigenvalue weighted by atomic mass is 35.5. The Balaban J connectivity index is 1.98. The van der Waals surface area contributed by atoms with E-state index in [1.165, 1.54) is 43.5 Å². The fourth-order valence-electron chi connectivity index (χ4n) is 4.26. The summed E-state index contributed by atoms with van der Waals surface area (Å²) in [7, 11) is 0. The van der Waals surface area contributed by atoms with Crippen LogP contribution in [0, 0.1) is 5.92 Å². The summed E-state index contributed by atoms with van der Waals surface area (Å²) in [5, 5.41) is 0.809. The number of nitrogens with zero attached hydrogens (tertiary/aromatic N) is 1. The van der Waals surface area contributed by atoms with Gasteiger partial charge < -0.3 is 4.74 Å². The summed E-state index contributed by atoms with van der Waals surface area (Å²) in [4.78, 5) is 2.70. The van der Waals surface area contributed by atoms with Gasteiger partial charge in [0.15, 0.2) is 0 Å². The minimum Gasteiger partial charge on any atom is -0.379 e. The number of hydrogen-bond donors (Lipinski definition) is 0. The fraction of sp³-hybridized carbons (Fsp3) is 0.680. The summed E-state index contributed by atoms with van der Waals surface area (Å²) in [5.74, 6) is 0.812. The van der Waals surface area contributed by atoms with Crippen LogP contribution in [-0.4, -0.2) is 36.7 Å². The summed E-state index contributed by atoms with van der Waals surface area (Å²) >= 11 is 6.10. The van der Waals surface area contributed by atoms with Crippen LogP contribution in [0.25, 0.3) is 0 Å². The molecule has 3 heteroatoms. The third-order valence-corrected chi connectivity index (χ3v) is 6.22. The number of rotatable bonds is 9. The van der Waals surface area contributed by atoms with Crippen molar-refractivity contribution in [3.8, 4) is 0 Å². The molecule has 1 atom stereocenters. The van der Waals surface area contributed by atoms with Gasteiger partial charge in [0.05, 0.1) is 6.10 Å². The molecular formula is C25H40ClNO. The molecule has 0 saturated carbocycles. The Kier molecular flexibility index (Phi) is 9.05. The summed E-state index contributed by atoms with van der Waals surface area (Å²) in [6.45, 7) is 16.7. The van der Waals surface area contributed by atoms with Crippen molar-refractivity contribution in [3.05, 3.63) is 46.5 Å². The molecule has 0 bridgehead atoms. The van der Waals surface area contributed by atoms with Crippen molar-refractivity contribution in [2.75, 3.05) is 19.7 Å². The van der Waals surface area contributed by atoms with Crippen LogP contribution >= 0.6 is 11.6 Å². The van der Waals surface area contributed by atoms with E-state index in [9.17, 15) is 0 Å². The van der Waals surface area contributed by atoms with Crippen molar-refractivity contribution in [2.24, 2.45) is 5.92 Å². The zero-order valence-corrected chi connectivity index (χ0v) is 19.6. The van der Waals surface area contributed by atoms with E-state index in [1.54, 1.807) is 0 Å². The third kappa shape index (κ3) is 7.54. The van der Waals surface area contributed by atoms with E-state index in [0.717, 1.165) is 24.0 Å². The van der Waals surface area contributed by atoms with Crippen molar-refractivity contribution in [3.63, 3.8) is 0 Å². The first-order valence-corrected chi connectivity index (χ1v) is 11.3. The van der Waals surface area contributed by atoms with E-state index in [2.05, 4.69) is 64.7 Å². The van der Waals surface area contributed by atoms with Gasteiger partial charge in [-0.3, -0.25) is 4.90 Å². The number of benzene rings is 1. The first-order chi connectivity index (χ1) is 13.2. The third-order valence-electron chi connectivity index (χ3n) is 5.97. The lowest BCUT2D eigenvalue weighted by Gasteiger charge is -2.40. The van der Waals surface area contributed by atoms with Crippen LogP contribution in [-0.2, 0) is 10.2 Å². The van der Waals surface area contributed by atoms with Crippen molar-refractivity contribution in [1.82, 2.24) is 4.90 Å². The molecule has 1 aromatic rings. The lowest BCUT2D eigenvalue weighted by atomic mass is 9.78. The lowest BCUT2D eigenvalue weighted by Crippen LogP contribution is -2.43. The van der Waals surface area contributed by atoms with Crippen LogP contribution in [0.1, 0.15) is 72.8 Å². The van der Waals surface area contributed by atoms with Crippen molar-refractivity contribution in [1.29, 1.82) is 0 Å². The van der Waals surface area contributed by atoms with Crippen molar-refractivity contribution in [2.45, 2.75) is 84.8 Å². The minimum absolute atomic E-state index is 0.114. The predicted molar refractivity (Wildman–Crippen MR) is 122 cm³/mol. The monoisotopic (exact) mass is 405 g/mol. The molecule has 158 valence electrons. The Morgan fingerprint density at radius 2 is 1.79 bits per heavy atom. The van der Waals surface area contributed by atoms with Gasteiger partial charge in [-0.2, -0.15) is 0 Å². The summed E-state index contributed by atoms with van der Waals surface area (Å²) in [6, 6.07) is 8.88. The molecule has 1 aliphatic rings. The first kappa shape index (κ1) is 23.4. The number of hydrogen-bond acceptors (Lipinski definition) is 2. The quantitative estimate of drug-likeness (QED) is 0.415. The number of halogens is 1. The van der Waals surface area contributed by atoms with E-state index in [4.69, 9.17) is 16.3 Å². The normalized spacial score (nSPS) is 17.7. The minimum atomic E-state index is 0.114. The second-order valence-corrected chi connectivity index (χ2v) is 10.0. The molecule has 2 nitrogen and oxygen atoms in total. The Morgan fingerprint density at radius 3 is 2.32 bits per heavy atom. The highest BCUT2D eigenvalue weighted by Gasteiger charge is 2.30. The Bertz CT molecular complexity index is 608. The number of piperidine rings is 1. The number of ether oxygens (including phenoxy) is 1.